The molecule has 1 aromatic heterocycles. The highest BCUT2D eigenvalue weighted by Crippen LogP contribution is 2.44. The van der Waals surface area contributed by atoms with Crippen LogP contribution in [-0.4, -0.2) is 13.0 Å². The highest BCUT2D eigenvalue weighted by atomic mass is 79.9. The summed E-state index contributed by atoms with van der Waals surface area (Å²) >= 11 is 9.91. The number of halogens is 2. The second-order valence-corrected chi connectivity index (χ2v) is 10.8. The van der Waals surface area contributed by atoms with E-state index in [1.165, 1.54) is 0 Å². The van der Waals surface area contributed by atoms with E-state index in [9.17, 15) is 9.59 Å². The number of rotatable bonds is 6. The smallest absolute Gasteiger partial charge is 0.295 e. The molecule has 0 aliphatic carbocycles. The topological polar surface area (TPSA) is 69.0 Å². The second-order valence-electron chi connectivity index (χ2n) is 9.51. The zero-order valence-corrected chi connectivity index (χ0v) is 24.0. The number of hydrogen-bond donors (Lipinski definition) is 0. The molecule has 200 valence electrons. The third-order valence-electron chi connectivity index (χ3n) is 7.01. The molecule has 1 aliphatic rings. The number of benzene rings is 4. The van der Waals surface area contributed by atoms with E-state index in [-0.39, 0.29) is 16.8 Å². The highest BCUT2D eigenvalue weighted by Gasteiger charge is 2.44. The molecule has 6 nitrogen and oxygen atoms in total. The molecule has 1 amide bonds. The summed E-state index contributed by atoms with van der Waals surface area (Å²) in [5.74, 6) is 0.596. The molecule has 0 saturated heterocycles. The van der Waals surface area contributed by atoms with Gasteiger partial charge in [0.05, 0.1) is 24.1 Å². The standard InChI is InChI=1S/C32H23BrClNO5/c1-18-8-11-22(16-24(18)34)35-29(28-30(36)23-15-21(33)10-13-25(23)40-31(28)32(35)37)20-9-12-26(27(14-20)38-2)39-17-19-6-4-3-5-7-19/h3-16,29H,17H2,1-2H3. The van der Waals surface area contributed by atoms with Gasteiger partial charge in [0.25, 0.3) is 5.91 Å². The SMILES string of the molecule is COc1cc(C2c3c(oc4ccc(Br)cc4c3=O)C(=O)N2c2ccc(C)c(Cl)c2)ccc1OCc1ccccc1. The molecule has 0 bridgehead atoms. The molecule has 40 heavy (non-hydrogen) atoms. The van der Waals surface area contributed by atoms with Crippen molar-refractivity contribution in [1.82, 2.24) is 0 Å². The summed E-state index contributed by atoms with van der Waals surface area (Å²) < 4.78 is 18.5. The van der Waals surface area contributed by atoms with Crippen LogP contribution in [0.4, 0.5) is 5.69 Å². The lowest BCUT2D eigenvalue weighted by Gasteiger charge is -2.26. The van der Waals surface area contributed by atoms with Gasteiger partial charge in [-0.3, -0.25) is 14.5 Å². The summed E-state index contributed by atoms with van der Waals surface area (Å²) in [5, 5.41) is 0.889. The number of methoxy groups -OCH3 is 1. The van der Waals surface area contributed by atoms with Gasteiger partial charge in [0.15, 0.2) is 16.9 Å². The zero-order valence-electron chi connectivity index (χ0n) is 21.6. The largest absolute Gasteiger partial charge is 0.493 e. The van der Waals surface area contributed by atoms with Crippen molar-refractivity contribution in [2.75, 3.05) is 12.0 Å². The van der Waals surface area contributed by atoms with Crippen molar-refractivity contribution in [2.45, 2.75) is 19.6 Å². The lowest BCUT2D eigenvalue weighted by molar-refractivity contribution is 0.0971. The monoisotopic (exact) mass is 615 g/mol. The molecule has 6 rings (SSSR count). The van der Waals surface area contributed by atoms with E-state index in [1.807, 2.05) is 55.5 Å². The second kappa shape index (κ2) is 10.5. The first-order chi connectivity index (χ1) is 19.4. The fourth-order valence-corrected chi connectivity index (χ4v) is 5.50. The lowest BCUT2D eigenvalue weighted by atomic mass is 9.97. The van der Waals surface area contributed by atoms with Gasteiger partial charge in [-0.2, -0.15) is 0 Å². The number of nitrogens with zero attached hydrogens (tertiary/aromatic N) is 1. The van der Waals surface area contributed by atoms with Crippen molar-refractivity contribution >= 4 is 50.1 Å². The van der Waals surface area contributed by atoms with Crippen LogP contribution in [0.2, 0.25) is 5.02 Å². The van der Waals surface area contributed by atoms with Gasteiger partial charge in [-0.15, -0.1) is 0 Å². The molecule has 1 aliphatic heterocycles. The molecule has 0 saturated carbocycles. The average molecular weight is 617 g/mol. The number of carbonyl (C=O) groups is 1. The van der Waals surface area contributed by atoms with Crippen LogP contribution in [0.25, 0.3) is 11.0 Å². The van der Waals surface area contributed by atoms with Crippen LogP contribution in [0.1, 0.15) is 38.9 Å². The summed E-state index contributed by atoms with van der Waals surface area (Å²) in [5.41, 5.74) is 3.41. The maximum atomic E-state index is 13.9. The molecule has 4 aromatic carbocycles. The fraction of sp³-hybridized carbons (Fsp3) is 0.125. The minimum absolute atomic E-state index is 0.00453. The summed E-state index contributed by atoms with van der Waals surface area (Å²) in [4.78, 5) is 29.4. The van der Waals surface area contributed by atoms with Crippen LogP contribution >= 0.6 is 27.5 Å². The Bertz CT molecular complexity index is 1840. The van der Waals surface area contributed by atoms with E-state index in [4.69, 9.17) is 25.5 Å². The van der Waals surface area contributed by atoms with Gasteiger partial charge in [-0.25, -0.2) is 0 Å². The number of carbonyl (C=O) groups excluding carboxylic acids is 1. The Morgan fingerprint density at radius 1 is 0.950 bits per heavy atom. The van der Waals surface area contributed by atoms with Crippen molar-refractivity contribution in [1.29, 1.82) is 0 Å². The maximum Gasteiger partial charge on any atom is 0.295 e. The molecule has 0 fully saturated rings. The molecule has 0 radical (unpaired) electrons. The van der Waals surface area contributed by atoms with Crippen LogP contribution in [-0.2, 0) is 6.61 Å². The quantitative estimate of drug-likeness (QED) is 0.194. The minimum Gasteiger partial charge on any atom is -0.493 e. The number of anilines is 1. The first kappa shape index (κ1) is 26.2. The predicted molar refractivity (Wildman–Crippen MR) is 159 cm³/mol. The number of amides is 1. The summed E-state index contributed by atoms with van der Waals surface area (Å²) in [6, 6.07) is 25.0. The first-order valence-corrected chi connectivity index (χ1v) is 13.7. The van der Waals surface area contributed by atoms with E-state index in [1.54, 1.807) is 48.4 Å². The Hall–Kier alpha value is -4.07. The van der Waals surface area contributed by atoms with Crippen molar-refractivity contribution in [2.24, 2.45) is 0 Å². The van der Waals surface area contributed by atoms with Gasteiger partial charge in [0.2, 0.25) is 5.76 Å². The summed E-state index contributed by atoms with van der Waals surface area (Å²) in [6.45, 7) is 2.25. The number of hydrogen-bond acceptors (Lipinski definition) is 5. The van der Waals surface area contributed by atoms with Crippen LogP contribution in [0.5, 0.6) is 11.5 Å². The normalized spacial score (nSPS) is 14.4. The molecular weight excluding hydrogens is 594 g/mol. The van der Waals surface area contributed by atoms with Gasteiger partial charge < -0.3 is 13.9 Å². The van der Waals surface area contributed by atoms with E-state index in [2.05, 4.69) is 15.9 Å². The van der Waals surface area contributed by atoms with E-state index in [0.717, 1.165) is 15.6 Å². The Morgan fingerprint density at radius 2 is 1.75 bits per heavy atom. The fourth-order valence-electron chi connectivity index (χ4n) is 4.97. The van der Waals surface area contributed by atoms with Crippen LogP contribution < -0.4 is 19.8 Å². The third kappa shape index (κ3) is 4.55. The van der Waals surface area contributed by atoms with Crippen LogP contribution in [0, 0.1) is 6.92 Å². The van der Waals surface area contributed by atoms with E-state index in [0.29, 0.717) is 45.3 Å². The Kier molecular flexibility index (Phi) is 6.86. The van der Waals surface area contributed by atoms with Crippen molar-refractivity contribution in [3.8, 4) is 11.5 Å². The van der Waals surface area contributed by atoms with Crippen LogP contribution in [0.15, 0.2) is 98.6 Å². The molecule has 2 heterocycles. The molecule has 8 heteroatoms. The van der Waals surface area contributed by atoms with Gasteiger partial charge in [0.1, 0.15) is 12.2 Å². The maximum absolute atomic E-state index is 13.9. The van der Waals surface area contributed by atoms with Gasteiger partial charge in [0, 0.05) is 15.2 Å². The summed E-state index contributed by atoms with van der Waals surface area (Å²) in [6.07, 6.45) is 0. The number of aryl methyl sites for hydroxylation is 1. The zero-order chi connectivity index (χ0) is 28.0. The Morgan fingerprint density at radius 3 is 2.50 bits per heavy atom. The number of ether oxygens (including phenoxy) is 2. The van der Waals surface area contributed by atoms with Crippen molar-refractivity contribution < 1.29 is 18.7 Å². The molecule has 1 unspecified atom stereocenters. The molecule has 1 atom stereocenters. The van der Waals surface area contributed by atoms with E-state index < -0.39 is 11.9 Å². The molecule has 0 spiro atoms. The van der Waals surface area contributed by atoms with Gasteiger partial charge in [-0.1, -0.05) is 70.0 Å². The van der Waals surface area contributed by atoms with Crippen molar-refractivity contribution in [3.05, 3.63) is 133 Å². The predicted octanol–water partition coefficient (Wildman–Crippen LogP) is 7.85. The highest BCUT2D eigenvalue weighted by molar-refractivity contribution is 9.10. The van der Waals surface area contributed by atoms with Crippen molar-refractivity contribution in [3.63, 3.8) is 0 Å². The molecule has 0 N–H and O–H groups in total. The molecule has 5 aromatic rings. The lowest BCUT2D eigenvalue weighted by Crippen LogP contribution is -2.29. The first-order valence-electron chi connectivity index (χ1n) is 12.6. The Labute approximate surface area is 243 Å². The van der Waals surface area contributed by atoms with E-state index >= 15 is 0 Å². The molecular formula is C32H23BrClNO5. The average Bonchev–Trinajstić information content (AvgIpc) is 3.26. The third-order valence-corrected chi connectivity index (χ3v) is 7.91. The minimum atomic E-state index is -0.780. The van der Waals surface area contributed by atoms with Gasteiger partial charge >= 0.3 is 0 Å². The Balaban J connectivity index is 1.51. The van der Waals surface area contributed by atoms with Crippen LogP contribution in [0.3, 0.4) is 0 Å². The summed E-state index contributed by atoms with van der Waals surface area (Å²) in [7, 11) is 1.55. The number of fused-ring (bicyclic) bond motifs is 2. The van der Waals surface area contributed by atoms with Gasteiger partial charge in [-0.05, 0) is 66.1 Å².